The van der Waals surface area contributed by atoms with Crippen LogP contribution in [0.2, 0.25) is 0 Å². The van der Waals surface area contributed by atoms with Gasteiger partial charge in [-0.15, -0.1) is 0 Å². The van der Waals surface area contributed by atoms with E-state index in [-0.39, 0.29) is 0 Å². The monoisotopic (exact) mass is 535 g/mol. The summed E-state index contributed by atoms with van der Waals surface area (Å²) in [7, 11) is 2.22. The van der Waals surface area contributed by atoms with Crippen LogP contribution in [0.5, 0.6) is 0 Å². The van der Waals surface area contributed by atoms with Crippen LogP contribution in [0.3, 0.4) is 0 Å². The van der Waals surface area contributed by atoms with Crippen LogP contribution in [0.4, 0.5) is 11.5 Å². The zero-order valence-corrected chi connectivity index (χ0v) is 23.1. The van der Waals surface area contributed by atoms with E-state index in [0.29, 0.717) is 17.9 Å². The van der Waals surface area contributed by atoms with Gasteiger partial charge in [0.1, 0.15) is 17.8 Å². The van der Waals surface area contributed by atoms with Gasteiger partial charge in [-0.3, -0.25) is 4.90 Å². The third-order valence-electron chi connectivity index (χ3n) is 8.90. The number of hydrogen-bond donors (Lipinski definition) is 3. The molecule has 2 aliphatic rings. The Labute approximate surface area is 234 Å². The Morgan fingerprint density at radius 1 is 0.925 bits per heavy atom. The number of rotatable bonds is 6. The molecule has 9 heteroatoms. The highest BCUT2D eigenvalue weighted by Crippen LogP contribution is 2.37. The second-order valence-electron chi connectivity index (χ2n) is 11.3. The number of aromatic nitrogens is 5. The zero-order valence-electron chi connectivity index (χ0n) is 23.1. The molecule has 0 radical (unpaired) electrons. The molecule has 0 atom stereocenters. The Bertz CT molecular complexity index is 1600. The molecular formula is C31H37N9. The molecule has 7 rings (SSSR count). The summed E-state index contributed by atoms with van der Waals surface area (Å²) in [4.78, 5) is 17.4. The van der Waals surface area contributed by atoms with E-state index in [0.717, 1.165) is 47.4 Å². The minimum Gasteiger partial charge on any atom is -0.383 e. The highest BCUT2D eigenvalue weighted by atomic mass is 15.3. The smallest absolute Gasteiger partial charge is 0.164 e. The normalized spacial score (nSPS) is 20.8. The highest BCUT2D eigenvalue weighted by molar-refractivity contribution is 5.98. The highest BCUT2D eigenvalue weighted by Gasteiger charge is 2.30. The number of nitrogens with two attached hydrogens (primary N) is 1. The molecule has 2 fully saturated rings. The third-order valence-corrected chi connectivity index (χ3v) is 8.90. The van der Waals surface area contributed by atoms with E-state index in [1.807, 2.05) is 6.20 Å². The molecule has 4 heterocycles. The van der Waals surface area contributed by atoms with Gasteiger partial charge in [0.15, 0.2) is 5.65 Å². The Hall–Kier alpha value is -3.95. The number of aromatic amines is 1. The maximum atomic E-state index is 6.42. The van der Waals surface area contributed by atoms with E-state index < -0.39 is 0 Å². The van der Waals surface area contributed by atoms with E-state index in [2.05, 4.69) is 90.3 Å². The molecule has 40 heavy (non-hydrogen) atoms. The lowest BCUT2D eigenvalue weighted by atomic mass is 9.90. The van der Waals surface area contributed by atoms with E-state index in [1.54, 1.807) is 6.33 Å². The number of benzene rings is 2. The maximum Gasteiger partial charge on any atom is 0.164 e. The Morgan fingerprint density at radius 3 is 2.50 bits per heavy atom. The van der Waals surface area contributed by atoms with Crippen molar-refractivity contribution in [3.8, 4) is 11.3 Å². The number of fused-ring (bicyclic) bond motifs is 2. The molecule has 1 aliphatic heterocycles. The van der Waals surface area contributed by atoms with Crippen LogP contribution in [0.15, 0.2) is 61.1 Å². The summed E-state index contributed by atoms with van der Waals surface area (Å²) >= 11 is 0. The largest absolute Gasteiger partial charge is 0.383 e. The van der Waals surface area contributed by atoms with E-state index in [4.69, 9.17) is 10.8 Å². The van der Waals surface area contributed by atoms with Gasteiger partial charge in [0.2, 0.25) is 0 Å². The van der Waals surface area contributed by atoms with Gasteiger partial charge in [0, 0.05) is 56.2 Å². The molecule has 1 saturated heterocycles. The number of likely N-dealkylation sites (N-methyl/N-ethyl adjacent to an activating group) is 1. The molecule has 5 aromatic rings. The summed E-state index contributed by atoms with van der Waals surface area (Å²) in [6.07, 6.45) is 8.15. The van der Waals surface area contributed by atoms with E-state index in [9.17, 15) is 0 Å². The molecule has 4 N–H and O–H groups in total. The molecule has 2 aromatic carbocycles. The van der Waals surface area contributed by atoms with Crippen LogP contribution < -0.4 is 11.1 Å². The van der Waals surface area contributed by atoms with Crippen molar-refractivity contribution in [1.29, 1.82) is 0 Å². The second-order valence-corrected chi connectivity index (χ2v) is 11.3. The zero-order chi connectivity index (χ0) is 27.1. The number of nitrogens with zero attached hydrogens (tertiary/aromatic N) is 6. The second kappa shape index (κ2) is 10.6. The van der Waals surface area contributed by atoms with Gasteiger partial charge in [-0.1, -0.05) is 30.3 Å². The number of anilines is 2. The van der Waals surface area contributed by atoms with Gasteiger partial charge in [0.25, 0.3) is 0 Å². The van der Waals surface area contributed by atoms with Crippen molar-refractivity contribution in [3.05, 3.63) is 66.6 Å². The van der Waals surface area contributed by atoms with Crippen molar-refractivity contribution >= 4 is 33.4 Å². The fourth-order valence-electron chi connectivity index (χ4n) is 6.55. The summed E-state index contributed by atoms with van der Waals surface area (Å²) in [6.45, 7) is 5.43. The average molecular weight is 536 g/mol. The summed E-state index contributed by atoms with van der Waals surface area (Å²) < 4.78 is 2.13. The van der Waals surface area contributed by atoms with Gasteiger partial charge in [0.05, 0.1) is 16.9 Å². The topological polar surface area (TPSA) is 104 Å². The van der Waals surface area contributed by atoms with Crippen LogP contribution in [0.1, 0.15) is 37.3 Å². The van der Waals surface area contributed by atoms with Crippen molar-refractivity contribution in [2.75, 3.05) is 44.3 Å². The van der Waals surface area contributed by atoms with Crippen molar-refractivity contribution in [3.63, 3.8) is 0 Å². The lowest BCUT2D eigenvalue weighted by Gasteiger charge is -2.41. The molecule has 0 unspecified atom stereocenters. The van der Waals surface area contributed by atoms with Crippen LogP contribution in [-0.2, 0) is 6.54 Å². The van der Waals surface area contributed by atoms with Crippen LogP contribution in [-0.4, -0.2) is 73.8 Å². The standard InChI is InChI=1S/C31H37N9/c1-38-15-17-39(18-16-38)25-9-11-26(12-10-25)40-31-27(30(32)35-20-36-31)29(37-40)22-5-7-24(8-6-22)34-19-23-4-2-3-21-13-14-33-28(21)23/h2-8,13-14,20,25-26,33-34H,9-12,15-19H2,1H3,(H2,32,35,36). The van der Waals surface area contributed by atoms with Gasteiger partial charge in [-0.2, -0.15) is 5.10 Å². The third kappa shape index (κ3) is 4.69. The summed E-state index contributed by atoms with van der Waals surface area (Å²) in [5, 5.41) is 10.8. The molecule has 0 bridgehead atoms. The average Bonchev–Trinajstić information content (AvgIpc) is 3.63. The van der Waals surface area contributed by atoms with Crippen LogP contribution in [0.25, 0.3) is 33.2 Å². The first-order chi connectivity index (χ1) is 19.6. The first kappa shape index (κ1) is 25.0. The number of para-hydroxylation sites is 1. The van der Waals surface area contributed by atoms with Crippen LogP contribution >= 0.6 is 0 Å². The number of nitrogen functional groups attached to an aromatic ring is 1. The van der Waals surface area contributed by atoms with E-state index in [1.165, 1.54) is 55.5 Å². The Balaban J connectivity index is 1.09. The molecular weight excluding hydrogens is 498 g/mol. The number of H-pyrrole nitrogens is 1. The predicted octanol–water partition coefficient (Wildman–Crippen LogP) is 4.90. The van der Waals surface area contributed by atoms with Gasteiger partial charge < -0.3 is 20.9 Å². The first-order valence-electron chi connectivity index (χ1n) is 14.4. The predicted molar refractivity (Wildman–Crippen MR) is 161 cm³/mol. The van der Waals surface area contributed by atoms with Crippen molar-refractivity contribution in [2.24, 2.45) is 0 Å². The first-order valence-corrected chi connectivity index (χ1v) is 14.4. The van der Waals surface area contributed by atoms with Crippen molar-refractivity contribution in [1.82, 2.24) is 34.5 Å². The molecule has 9 nitrogen and oxygen atoms in total. The minimum absolute atomic E-state index is 0.325. The Kier molecular flexibility index (Phi) is 6.61. The van der Waals surface area contributed by atoms with E-state index >= 15 is 0 Å². The van der Waals surface area contributed by atoms with Gasteiger partial charge in [-0.05, 0) is 61.9 Å². The van der Waals surface area contributed by atoms with Gasteiger partial charge >= 0.3 is 0 Å². The SMILES string of the molecule is CN1CCN(C2CCC(n3nc(-c4ccc(NCc5cccc6cc[nH]c56)cc4)c4c(N)ncnc43)CC2)CC1. The molecule has 1 saturated carbocycles. The number of hydrogen-bond acceptors (Lipinski definition) is 7. The molecule has 1 aliphatic carbocycles. The fraction of sp³-hybridized carbons (Fsp3) is 0.387. The van der Waals surface area contributed by atoms with Crippen molar-refractivity contribution in [2.45, 2.75) is 44.3 Å². The summed E-state index contributed by atoms with van der Waals surface area (Å²) in [6, 6.07) is 17.9. The lowest BCUT2D eigenvalue weighted by Crippen LogP contribution is -2.49. The minimum atomic E-state index is 0.325. The van der Waals surface area contributed by atoms with Crippen molar-refractivity contribution < 1.29 is 0 Å². The molecule has 206 valence electrons. The maximum absolute atomic E-state index is 6.42. The number of nitrogens with one attached hydrogen (secondary N) is 2. The number of piperazine rings is 1. The Morgan fingerprint density at radius 2 is 1.70 bits per heavy atom. The summed E-state index contributed by atoms with van der Waals surface area (Å²) in [5.41, 5.74) is 12.6. The molecule has 0 spiro atoms. The summed E-state index contributed by atoms with van der Waals surface area (Å²) in [5.74, 6) is 0.485. The fourth-order valence-corrected chi connectivity index (χ4v) is 6.55. The lowest BCUT2D eigenvalue weighted by molar-refractivity contribution is 0.0815. The quantitative estimate of drug-likeness (QED) is 0.284. The van der Waals surface area contributed by atoms with Gasteiger partial charge in [-0.25, -0.2) is 14.6 Å². The molecule has 3 aromatic heterocycles. The molecule has 0 amide bonds. The van der Waals surface area contributed by atoms with Crippen LogP contribution in [0, 0.1) is 0 Å².